The standard InChI is InChI=1S/2C4H8O2.C3H4O2/c2*1-3(2)4(5)6;4-2-1-3-5/h2*3H,1-2H3,(H,5,6);2-3H,1H2. The lowest BCUT2D eigenvalue weighted by molar-refractivity contribution is -0.141. The van der Waals surface area contributed by atoms with Crippen LogP contribution in [0.3, 0.4) is 0 Å². The number of aliphatic carboxylic acids is 2. The van der Waals surface area contributed by atoms with Gasteiger partial charge in [0.2, 0.25) is 0 Å². The molecule has 0 aromatic rings. The Bertz CT molecular complexity index is 208. The van der Waals surface area contributed by atoms with Crippen molar-refractivity contribution in [2.45, 2.75) is 34.1 Å². The first-order chi connectivity index (χ1) is 7.70. The molecule has 0 atom stereocenters. The fourth-order valence-corrected chi connectivity index (χ4v) is 0.0393. The Hall–Kier alpha value is -1.72. The molecule has 17 heavy (non-hydrogen) atoms. The molecule has 2 N–H and O–H groups in total. The Morgan fingerprint density at radius 3 is 1.06 bits per heavy atom. The monoisotopic (exact) mass is 248 g/mol. The number of carboxylic acid groups (broad SMARTS) is 2. The molecular weight excluding hydrogens is 228 g/mol. The maximum absolute atomic E-state index is 9.70. The van der Waals surface area contributed by atoms with Crippen molar-refractivity contribution in [1.82, 2.24) is 0 Å². The molecule has 0 aliphatic heterocycles. The molecule has 0 bridgehead atoms. The van der Waals surface area contributed by atoms with Gasteiger partial charge < -0.3 is 19.8 Å². The number of carbonyl (C=O) groups is 4. The van der Waals surface area contributed by atoms with E-state index in [4.69, 9.17) is 10.2 Å². The highest BCUT2D eigenvalue weighted by Gasteiger charge is 1.99. The molecule has 0 aliphatic rings. The Morgan fingerprint density at radius 2 is 1.06 bits per heavy atom. The van der Waals surface area contributed by atoms with E-state index in [-0.39, 0.29) is 18.3 Å². The van der Waals surface area contributed by atoms with Gasteiger partial charge in [-0.15, -0.1) is 0 Å². The van der Waals surface area contributed by atoms with Gasteiger partial charge >= 0.3 is 11.9 Å². The minimum absolute atomic E-state index is 0.0278. The second kappa shape index (κ2) is 14.3. The average Bonchev–Trinajstić information content (AvgIpc) is 2.20. The van der Waals surface area contributed by atoms with Gasteiger partial charge in [0, 0.05) is 0 Å². The fourth-order valence-electron chi connectivity index (χ4n) is 0.0393. The average molecular weight is 248 g/mol. The van der Waals surface area contributed by atoms with E-state index in [0.29, 0.717) is 12.6 Å². The summed E-state index contributed by atoms with van der Waals surface area (Å²) in [6, 6.07) is 0. The molecule has 0 aromatic heterocycles. The van der Waals surface area contributed by atoms with E-state index in [1.165, 1.54) is 0 Å². The minimum atomic E-state index is -0.741. The van der Waals surface area contributed by atoms with E-state index in [1.54, 1.807) is 27.7 Å². The summed E-state index contributed by atoms with van der Waals surface area (Å²) in [5, 5.41) is 16.0. The van der Waals surface area contributed by atoms with Crippen LogP contribution >= 0.6 is 0 Å². The van der Waals surface area contributed by atoms with Gasteiger partial charge in [0.15, 0.2) is 0 Å². The van der Waals surface area contributed by atoms with E-state index in [1.807, 2.05) is 0 Å². The first-order valence-electron chi connectivity index (χ1n) is 5.03. The molecule has 0 fully saturated rings. The van der Waals surface area contributed by atoms with Crippen LogP contribution in [0.1, 0.15) is 34.1 Å². The minimum Gasteiger partial charge on any atom is -0.481 e. The van der Waals surface area contributed by atoms with Crippen LogP contribution in [0.15, 0.2) is 0 Å². The Balaban J connectivity index is -0.000000174. The van der Waals surface area contributed by atoms with E-state index in [0.717, 1.165) is 0 Å². The van der Waals surface area contributed by atoms with Crippen molar-refractivity contribution in [3.63, 3.8) is 0 Å². The normalized spacial score (nSPS) is 8.35. The summed E-state index contributed by atoms with van der Waals surface area (Å²) in [7, 11) is 0. The molecule has 0 aliphatic carbocycles. The second-order valence-electron chi connectivity index (χ2n) is 3.55. The second-order valence-corrected chi connectivity index (χ2v) is 3.55. The summed E-state index contributed by atoms with van der Waals surface area (Å²) in [5.41, 5.74) is 0. The summed E-state index contributed by atoms with van der Waals surface area (Å²) in [5.74, 6) is -1.94. The van der Waals surface area contributed by atoms with Crippen molar-refractivity contribution in [2.75, 3.05) is 0 Å². The molecule has 6 nitrogen and oxygen atoms in total. The van der Waals surface area contributed by atoms with Crippen LogP contribution in [0.5, 0.6) is 0 Å². The van der Waals surface area contributed by atoms with Crippen molar-refractivity contribution in [1.29, 1.82) is 0 Å². The van der Waals surface area contributed by atoms with E-state index in [2.05, 4.69) is 0 Å². The first kappa shape index (κ1) is 20.7. The summed E-state index contributed by atoms with van der Waals surface area (Å²) in [6.45, 7) is 6.56. The largest absolute Gasteiger partial charge is 0.481 e. The molecule has 0 saturated carbocycles. The molecule has 0 aromatic carbocycles. The van der Waals surface area contributed by atoms with E-state index in [9.17, 15) is 19.2 Å². The van der Waals surface area contributed by atoms with E-state index < -0.39 is 11.9 Å². The summed E-state index contributed by atoms with van der Waals surface area (Å²) >= 11 is 0. The van der Waals surface area contributed by atoms with Gasteiger partial charge in [-0.1, -0.05) is 27.7 Å². The van der Waals surface area contributed by atoms with Gasteiger partial charge in [-0.05, 0) is 0 Å². The van der Waals surface area contributed by atoms with Gasteiger partial charge in [-0.3, -0.25) is 9.59 Å². The van der Waals surface area contributed by atoms with Gasteiger partial charge in [0.25, 0.3) is 0 Å². The van der Waals surface area contributed by atoms with Gasteiger partial charge in [0.1, 0.15) is 12.6 Å². The zero-order valence-electron chi connectivity index (χ0n) is 10.5. The molecule has 0 radical (unpaired) electrons. The summed E-state index contributed by atoms with van der Waals surface area (Å²) in [6.07, 6.45) is 1.15. The van der Waals surface area contributed by atoms with Crippen LogP contribution in [0.25, 0.3) is 0 Å². The molecule has 0 unspecified atom stereocenters. The van der Waals surface area contributed by atoms with Crippen molar-refractivity contribution >= 4 is 24.5 Å². The van der Waals surface area contributed by atoms with Gasteiger partial charge in [-0.2, -0.15) is 0 Å². The zero-order chi connectivity index (χ0) is 14.4. The molecular formula is C11H20O6. The van der Waals surface area contributed by atoms with Gasteiger partial charge in [-0.25, -0.2) is 0 Å². The molecule has 6 heteroatoms. The maximum Gasteiger partial charge on any atom is 0.305 e. The Labute approximate surface area is 101 Å². The molecule has 100 valence electrons. The quantitative estimate of drug-likeness (QED) is 0.572. The molecule has 0 spiro atoms. The zero-order valence-corrected chi connectivity index (χ0v) is 10.5. The lowest BCUT2D eigenvalue weighted by Gasteiger charge is -1.89. The number of carbonyl (C=O) groups excluding carboxylic acids is 2. The van der Waals surface area contributed by atoms with Crippen molar-refractivity contribution in [3.8, 4) is 0 Å². The third kappa shape index (κ3) is 31.4. The van der Waals surface area contributed by atoms with Crippen molar-refractivity contribution in [3.05, 3.63) is 0 Å². The predicted octanol–water partition coefficient (Wildman–Crippen LogP) is 1.23. The Morgan fingerprint density at radius 1 is 0.882 bits per heavy atom. The number of hydrogen-bond acceptors (Lipinski definition) is 4. The lowest BCUT2D eigenvalue weighted by atomic mass is 10.2. The topological polar surface area (TPSA) is 109 Å². The van der Waals surface area contributed by atoms with Crippen LogP contribution < -0.4 is 0 Å². The molecule has 0 amide bonds. The highest BCUT2D eigenvalue weighted by Crippen LogP contribution is 1.87. The number of rotatable bonds is 4. The van der Waals surface area contributed by atoms with Crippen LogP contribution in [0.2, 0.25) is 0 Å². The third-order valence-electron chi connectivity index (χ3n) is 1.18. The highest BCUT2D eigenvalue weighted by atomic mass is 16.4. The van der Waals surface area contributed by atoms with Crippen LogP contribution in [0.4, 0.5) is 0 Å². The predicted molar refractivity (Wildman–Crippen MR) is 61.7 cm³/mol. The van der Waals surface area contributed by atoms with Gasteiger partial charge in [0.05, 0.1) is 18.3 Å². The van der Waals surface area contributed by atoms with Crippen LogP contribution in [-0.2, 0) is 19.2 Å². The maximum atomic E-state index is 9.70. The number of hydrogen-bond donors (Lipinski definition) is 2. The number of aldehydes is 2. The highest BCUT2D eigenvalue weighted by molar-refractivity contribution is 5.72. The van der Waals surface area contributed by atoms with Crippen molar-refractivity contribution < 1.29 is 29.4 Å². The smallest absolute Gasteiger partial charge is 0.305 e. The molecule has 0 saturated heterocycles. The van der Waals surface area contributed by atoms with Crippen LogP contribution in [-0.4, -0.2) is 34.7 Å². The molecule has 0 rings (SSSR count). The fraction of sp³-hybridized carbons (Fsp3) is 0.636. The lowest BCUT2D eigenvalue weighted by Crippen LogP contribution is -2.03. The van der Waals surface area contributed by atoms with E-state index >= 15 is 0 Å². The molecule has 0 heterocycles. The number of carboxylic acids is 2. The third-order valence-corrected chi connectivity index (χ3v) is 1.18. The summed E-state index contributed by atoms with van der Waals surface area (Å²) in [4.78, 5) is 37.7. The SMILES string of the molecule is CC(C)C(=O)O.CC(C)C(=O)O.O=CCC=O. The van der Waals surface area contributed by atoms with Crippen LogP contribution in [0, 0.1) is 11.8 Å². The van der Waals surface area contributed by atoms with Crippen molar-refractivity contribution in [2.24, 2.45) is 11.8 Å². The first-order valence-corrected chi connectivity index (χ1v) is 5.03. The summed E-state index contributed by atoms with van der Waals surface area (Å²) < 4.78 is 0. The Kier molecular flexibility index (Phi) is 17.4.